The van der Waals surface area contributed by atoms with E-state index in [0.29, 0.717) is 23.6 Å². The monoisotopic (exact) mass is 617 g/mol. The molecule has 2 aromatic heterocycles. The molecule has 0 radical (unpaired) electrons. The molecule has 2 fully saturated rings. The molecule has 12 nitrogen and oxygen atoms in total. The number of imidazole rings is 1. The first-order valence-electron chi connectivity index (χ1n) is 14.9. The minimum absolute atomic E-state index is 0.155. The van der Waals surface area contributed by atoms with Gasteiger partial charge < -0.3 is 27.3 Å². The zero-order valence-electron chi connectivity index (χ0n) is 26.6. The first-order chi connectivity index (χ1) is 19.9. The summed E-state index contributed by atoms with van der Waals surface area (Å²) in [7, 11) is -1.87. The molecular formula is C28H47N7O5Si2. The molecule has 232 valence electrons. The molecule has 2 saturated heterocycles. The van der Waals surface area contributed by atoms with E-state index in [2.05, 4.69) is 81.4 Å². The summed E-state index contributed by atoms with van der Waals surface area (Å²) >= 11 is 0. The van der Waals surface area contributed by atoms with E-state index < -0.39 is 41.7 Å². The van der Waals surface area contributed by atoms with Crippen LogP contribution in [0.1, 0.15) is 68.0 Å². The van der Waals surface area contributed by atoms with Gasteiger partial charge in [-0.3, -0.25) is 4.57 Å². The maximum atomic E-state index is 9.29. The summed E-state index contributed by atoms with van der Waals surface area (Å²) in [6, 6.07) is 2.18. The third-order valence-electron chi connectivity index (χ3n) is 8.17. The molecule has 1 unspecified atom stereocenters. The molecule has 2 aromatic rings. The van der Waals surface area contributed by atoms with Crippen LogP contribution in [-0.2, 0) is 22.4 Å². The van der Waals surface area contributed by atoms with E-state index in [1.807, 2.05) is 23.6 Å². The van der Waals surface area contributed by atoms with Crippen LogP contribution in [0.25, 0.3) is 11.2 Å². The maximum absolute atomic E-state index is 9.29. The van der Waals surface area contributed by atoms with Crippen LogP contribution in [0.5, 0.6) is 0 Å². The lowest BCUT2D eigenvalue weighted by atomic mass is 10.1. The lowest BCUT2D eigenvalue weighted by molar-refractivity contribution is -0.0682. The largest absolute Gasteiger partial charge is 0.414 e. The fourth-order valence-electron chi connectivity index (χ4n) is 6.06. The topological polar surface area (TPSA) is 129 Å². The Morgan fingerprint density at radius 1 is 1.07 bits per heavy atom. The van der Waals surface area contributed by atoms with Crippen LogP contribution in [-0.4, -0.2) is 93.5 Å². The summed E-state index contributed by atoms with van der Waals surface area (Å²) in [5.74, 6) is 0.460. The summed E-state index contributed by atoms with van der Waals surface area (Å²) in [5, 5.41) is 9.29. The van der Waals surface area contributed by atoms with Crippen molar-refractivity contribution in [2.75, 3.05) is 27.3 Å². The molecule has 4 atom stereocenters. The number of nitrogens with zero attached hydrogens (tertiary/aromatic N) is 7. The van der Waals surface area contributed by atoms with Gasteiger partial charge in [-0.2, -0.15) is 5.26 Å². The number of ether oxygens (including phenoxy) is 2. The summed E-state index contributed by atoms with van der Waals surface area (Å²) < 4.78 is 36.7. The van der Waals surface area contributed by atoms with Crippen molar-refractivity contribution in [2.45, 2.75) is 109 Å². The number of aromatic nitrogens is 4. The lowest BCUT2D eigenvalue weighted by Gasteiger charge is -2.51. The van der Waals surface area contributed by atoms with Gasteiger partial charge in [-0.15, -0.1) is 0 Å². The average Bonchev–Trinajstić information content (AvgIpc) is 3.48. The molecule has 0 N–H and O–H groups in total. The van der Waals surface area contributed by atoms with Gasteiger partial charge in [0.05, 0.1) is 38.4 Å². The molecule has 4 rings (SSSR count). The SMILES string of the molecule is CC(C)[Si]1(C(C)C)OC[C@H]2O[C@@H](n3cnc4c(N=CN(C)C)ncnc43)[C@@H](OCCC#N)C2O[Si](C(C)C)(C(C)C)O1. The molecule has 0 spiro atoms. The Bertz CT molecular complexity index is 1260. The summed E-state index contributed by atoms with van der Waals surface area (Å²) in [6.45, 7) is 18.1. The minimum atomic E-state index is -2.92. The van der Waals surface area contributed by atoms with Crippen LogP contribution in [0, 0.1) is 11.3 Å². The van der Waals surface area contributed by atoms with Gasteiger partial charge in [0.25, 0.3) is 0 Å². The zero-order chi connectivity index (χ0) is 30.8. The van der Waals surface area contributed by atoms with Gasteiger partial charge in [0.1, 0.15) is 24.6 Å². The van der Waals surface area contributed by atoms with Crippen LogP contribution in [0.3, 0.4) is 0 Å². The highest BCUT2D eigenvalue weighted by Gasteiger charge is 2.62. The molecule has 4 heterocycles. The summed E-state index contributed by atoms with van der Waals surface area (Å²) in [5.41, 5.74) is 1.88. The third-order valence-corrected chi connectivity index (χ3v) is 18.4. The quantitative estimate of drug-likeness (QED) is 0.152. The van der Waals surface area contributed by atoms with Crippen LogP contribution in [0.15, 0.2) is 17.6 Å². The molecular weight excluding hydrogens is 571 g/mol. The number of hydrogen-bond donors (Lipinski definition) is 0. The fourth-order valence-corrected chi connectivity index (χ4v) is 17.3. The Kier molecular flexibility index (Phi) is 10.2. The third kappa shape index (κ3) is 6.05. The van der Waals surface area contributed by atoms with Gasteiger partial charge >= 0.3 is 17.1 Å². The Hall–Kier alpha value is -2.26. The highest BCUT2D eigenvalue weighted by atomic mass is 28.5. The van der Waals surface area contributed by atoms with Crippen molar-refractivity contribution in [3.8, 4) is 6.07 Å². The Morgan fingerprint density at radius 3 is 2.33 bits per heavy atom. The van der Waals surface area contributed by atoms with Crippen molar-refractivity contribution in [2.24, 2.45) is 4.99 Å². The molecule has 14 heteroatoms. The van der Waals surface area contributed by atoms with Gasteiger partial charge in [-0.05, 0) is 22.2 Å². The minimum Gasteiger partial charge on any atom is -0.414 e. The molecule has 0 aromatic carbocycles. The second-order valence-electron chi connectivity index (χ2n) is 12.6. The van der Waals surface area contributed by atoms with E-state index in [4.69, 9.17) is 22.4 Å². The molecule has 0 saturated carbocycles. The molecule has 0 bridgehead atoms. The predicted octanol–water partition coefficient (Wildman–Crippen LogP) is 5.20. The summed E-state index contributed by atoms with van der Waals surface area (Å²) in [4.78, 5) is 19.8. The van der Waals surface area contributed by atoms with Crippen LogP contribution < -0.4 is 0 Å². The van der Waals surface area contributed by atoms with Gasteiger partial charge in [-0.1, -0.05) is 55.4 Å². The second kappa shape index (κ2) is 13.2. The highest BCUT2D eigenvalue weighted by molar-refractivity contribution is 6.84. The molecule has 2 aliphatic heterocycles. The van der Waals surface area contributed by atoms with Gasteiger partial charge in [0.15, 0.2) is 23.2 Å². The summed E-state index contributed by atoms with van der Waals surface area (Å²) in [6.07, 6.45) is 3.03. The fraction of sp³-hybridized carbons (Fsp3) is 0.750. The van der Waals surface area contributed by atoms with E-state index in [9.17, 15) is 5.26 Å². The van der Waals surface area contributed by atoms with Gasteiger partial charge in [-0.25, -0.2) is 19.9 Å². The highest BCUT2D eigenvalue weighted by Crippen LogP contribution is 2.49. The van der Waals surface area contributed by atoms with Crippen molar-refractivity contribution >= 4 is 40.4 Å². The van der Waals surface area contributed by atoms with Crippen LogP contribution >= 0.6 is 0 Å². The lowest BCUT2D eigenvalue weighted by Crippen LogP contribution is -2.66. The van der Waals surface area contributed by atoms with Crippen molar-refractivity contribution in [1.29, 1.82) is 5.26 Å². The van der Waals surface area contributed by atoms with E-state index in [1.54, 1.807) is 12.7 Å². The van der Waals surface area contributed by atoms with Gasteiger partial charge in [0.2, 0.25) is 0 Å². The average molecular weight is 618 g/mol. The number of fused-ring (bicyclic) bond motifs is 2. The van der Waals surface area contributed by atoms with E-state index in [0.717, 1.165) is 0 Å². The normalized spacial score (nSPS) is 25.8. The molecule has 0 amide bonds. The van der Waals surface area contributed by atoms with E-state index in [1.165, 1.54) is 6.33 Å². The first-order valence-corrected chi connectivity index (χ1v) is 18.9. The van der Waals surface area contributed by atoms with Crippen LogP contribution in [0.2, 0.25) is 22.2 Å². The number of nitriles is 1. The number of rotatable bonds is 10. The molecule has 2 aliphatic rings. The van der Waals surface area contributed by atoms with Crippen molar-refractivity contribution in [3.05, 3.63) is 12.7 Å². The standard InChI is InChI=1S/C28H47N7O5Si2/c1-18(2)41(19(3)4)37-14-22-24(39-42(40-41,20(5)6)21(7)8)25(36-13-11-12-29)28(38-22)35-17-32-23-26(33-16-34(9)10)30-15-31-27(23)35/h15-22,24-25,28H,11,13-14H2,1-10H3/t22-,24?,25+,28-/m1/s1. The Labute approximate surface area is 251 Å². The first kappa shape index (κ1) is 32.7. The van der Waals surface area contributed by atoms with Gasteiger partial charge in [0, 0.05) is 14.1 Å². The van der Waals surface area contributed by atoms with Crippen molar-refractivity contribution in [1.82, 2.24) is 24.4 Å². The molecule has 0 aliphatic carbocycles. The number of aliphatic imine (C=N–C) groups is 1. The van der Waals surface area contributed by atoms with Crippen LogP contribution in [0.4, 0.5) is 5.82 Å². The maximum Gasteiger partial charge on any atom is 0.335 e. The Morgan fingerprint density at radius 2 is 1.74 bits per heavy atom. The molecule has 42 heavy (non-hydrogen) atoms. The zero-order valence-corrected chi connectivity index (χ0v) is 28.6. The smallest absolute Gasteiger partial charge is 0.335 e. The van der Waals surface area contributed by atoms with Crippen molar-refractivity contribution in [3.63, 3.8) is 0 Å². The van der Waals surface area contributed by atoms with Crippen molar-refractivity contribution < 1.29 is 22.4 Å². The predicted molar refractivity (Wildman–Crippen MR) is 165 cm³/mol. The van der Waals surface area contributed by atoms with E-state index >= 15 is 0 Å². The number of hydrogen-bond acceptors (Lipinski definition) is 10. The second-order valence-corrected chi connectivity index (χ2v) is 21.4. The van der Waals surface area contributed by atoms with E-state index in [-0.39, 0.29) is 35.2 Å². The Balaban J connectivity index is 1.82.